The minimum absolute atomic E-state index is 0.0448. The molecule has 0 saturated carbocycles. The lowest BCUT2D eigenvalue weighted by molar-refractivity contribution is -0.122. The van der Waals surface area contributed by atoms with E-state index in [9.17, 15) is 4.79 Å². The second kappa shape index (κ2) is 5.05. The average Bonchev–Trinajstić information content (AvgIpc) is 2.39. The standard InChI is InChI=1S/C13H16N4O/c1-9-2-3-11(8-14)13(16-9)17-6-4-10(5-7-17)12(15)18/h2-3,10H,4-7H2,1H3,(H2,15,18). The van der Waals surface area contributed by atoms with E-state index in [4.69, 9.17) is 11.0 Å². The molecule has 0 spiro atoms. The Kier molecular flexibility index (Phi) is 3.47. The van der Waals surface area contributed by atoms with Crippen LogP contribution in [0.2, 0.25) is 0 Å². The van der Waals surface area contributed by atoms with Crippen molar-refractivity contribution in [3.8, 4) is 6.07 Å². The lowest BCUT2D eigenvalue weighted by Crippen LogP contribution is -2.39. The summed E-state index contributed by atoms with van der Waals surface area (Å²) in [6.45, 7) is 3.35. The molecule has 1 aliphatic heterocycles. The predicted molar refractivity (Wildman–Crippen MR) is 67.8 cm³/mol. The van der Waals surface area contributed by atoms with E-state index in [-0.39, 0.29) is 11.8 Å². The van der Waals surface area contributed by atoms with Gasteiger partial charge in [0.2, 0.25) is 5.91 Å². The Balaban J connectivity index is 2.17. The van der Waals surface area contributed by atoms with Crippen molar-refractivity contribution in [1.29, 1.82) is 5.26 Å². The van der Waals surface area contributed by atoms with Gasteiger partial charge >= 0.3 is 0 Å². The number of piperidine rings is 1. The molecule has 2 N–H and O–H groups in total. The number of hydrogen-bond donors (Lipinski definition) is 1. The second-order valence-electron chi connectivity index (χ2n) is 4.60. The molecule has 2 heterocycles. The number of nitrogens with zero attached hydrogens (tertiary/aromatic N) is 3. The predicted octanol–water partition coefficient (Wildman–Crippen LogP) is 0.963. The van der Waals surface area contributed by atoms with Gasteiger partial charge in [0.25, 0.3) is 0 Å². The van der Waals surface area contributed by atoms with Crippen LogP contribution in [-0.4, -0.2) is 24.0 Å². The number of aromatic nitrogens is 1. The molecule has 1 saturated heterocycles. The van der Waals surface area contributed by atoms with Crippen molar-refractivity contribution in [1.82, 2.24) is 4.98 Å². The molecule has 94 valence electrons. The Bertz CT molecular complexity index is 498. The van der Waals surface area contributed by atoms with Gasteiger partial charge in [0.05, 0.1) is 5.56 Å². The van der Waals surface area contributed by atoms with Crippen molar-refractivity contribution in [3.05, 3.63) is 23.4 Å². The normalized spacial score (nSPS) is 16.3. The molecule has 18 heavy (non-hydrogen) atoms. The van der Waals surface area contributed by atoms with Gasteiger partial charge in [-0.05, 0) is 31.9 Å². The van der Waals surface area contributed by atoms with E-state index in [2.05, 4.69) is 16.0 Å². The summed E-state index contributed by atoms with van der Waals surface area (Å²) in [4.78, 5) is 17.6. The first-order chi connectivity index (χ1) is 8.61. The van der Waals surface area contributed by atoms with Crippen LogP contribution in [0.15, 0.2) is 12.1 Å². The van der Waals surface area contributed by atoms with Crippen LogP contribution in [0.3, 0.4) is 0 Å². The lowest BCUT2D eigenvalue weighted by Gasteiger charge is -2.32. The number of nitriles is 1. The lowest BCUT2D eigenvalue weighted by atomic mass is 9.96. The summed E-state index contributed by atoms with van der Waals surface area (Å²) in [6, 6.07) is 5.78. The van der Waals surface area contributed by atoms with Crippen LogP contribution in [0.5, 0.6) is 0 Å². The highest BCUT2D eigenvalue weighted by Gasteiger charge is 2.25. The minimum Gasteiger partial charge on any atom is -0.369 e. The number of rotatable bonds is 2. The molecule has 0 bridgehead atoms. The van der Waals surface area contributed by atoms with Gasteiger partial charge < -0.3 is 10.6 Å². The number of carbonyl (C=O) groups excluding carboxylic acids is 1. The third kappa shape index (κ3) is 2.43. The van der Waals surface area contributed by atoms with Crippen molar-refractivity contribution in [2.75, 3.05) is 18.0 Å². The Labute approximate surface area is 106 Å². The molecule has 1 aliphatic rings. The van der Waals surface area contributed by atoms with Gasteiger partial charge in [-0.25, -0.2) is 4.98 Å². The fourth-order valence-corrected chi connectivity index (χ4v) is 2.25. The van der Waals surface area contributed by atoms with Crippen molar-refractivity contribution in [2.24, 2.45) is 11.7 Å². The molecule has 1 fully saturated rings. The summed E-state index contributed by atoms with van der Waals surface area (Å²) in [7, 11) is 0. The van der Waals surface area contributed by atoms with E-state index in [0.29, 0.717) is 5.56 Å². The molecule has 1 aromatic heterocycles. The number of amides is 1. The Hall–Kier alpha value is -2.09. The highest BCUT2D eigenvalue weighted by molar-refractivity contribution is 5.77. The first-order valence-electron chi connectivity index (χ1n) is 6.04. The summed E-state index contributed by atoms with van der Waals surface area (Å²) in [6.07, 6.45) is 1.46. The van der Waals surface area contributed by atoms with E-state index in [1.165, 1.54) is 0 Å². The molecule has 5 nitrogen and oxygen atoms in total. The highest BCUT2D eigenvalue weighted by atomic mass is 16.1. The molecule has 1 aromatic rings. The topological polar surface area (TPSA) is 83.0 Å². The zero-order chi connectivity index (χ0) is 13.1. The largest absolute Gasteiger partial charge is 0.369 e. The van der Waals surface area contributed by atoms with Crippen LogP contribution < -0.4 is 10.6 Å². The molecular formula is C13H16N4O. The summed E-state index contributed by atoms with van der Waals surface area (Å²) in [5.74, 6) is 0.448. The average molecular weight is 244 g/mol. The van der Waals surface area contributed by atoms with Crippen LogP contribution in [0.4, 0.5) is 5.82 Å². The number of anilines is 1. The maximum absolute atomic E-state index is 11.1. The molecule has 2 rings (SSSR count). The molecule has 1 amide bonds. The fraction of sp³-hybridized carbons (Fsp3) is 0.462. The van der Waals surface area contributed by atoms with Crippen molar-refractivity contribution in [3.63, 3.8) is 0 Å². The SMILES string of the molecule is Cc1ccc(C#N)c(N2CCC(C(N)=O)CC2)n1. The maximum Gasteiger partial charge on any atom is 0.220 e. The summed E-state index contributed by atoms with van der Waals surface area (Å²) < 4.78 is 0. The number of aryl methyl sites for hydroxylation is 1. The van der Waals surface area contributed by atoms with Crippen LogP contribution in [0, 0.1) is 24.2 Å². The molecular weight excluding hydrogens is 228 g/mol. The summed E-state index contributed by atoms with van der Waals surface area (Å²) >= 11 is 0. The Morgan fingerprint density at radius 1 is 1.50 bits per heavy atom. The first kappa shape index (κ1) is 12.4. The van der Waals surface area contributed by atoms with Gasteiger partial charge in [-0.15, -0.1) is 0 Å². The number of hydrogen-bond acceptors (Lipinski definition) is 4. The quantitative estimate of drug-likeness (QED) is 0.840. The summed E-state index contributed by atoms with van der Waals surface area (Å²) in [5.41, 5.74) is 6.78. The monoisotopic (exact) mass is 244 g/mol. The highest BCUT2D eigenvalue weighted by Crippen LogP contribution is 2.24. The van der Waals surface area contributed by atoms with Crippen LogP contribution in [0.1, 0.15) is 24.1 Å². The van der Waals surface area contributed by atoms with Crippen molar-refractivity contribution < 1.29 is 4.79 Å². The van der Waals surface area contributed by atoms with Gasteiger partial charge in [-0.2, -0.15) is 5.26 Å². The van der Waals surface area contributed by atoms with Gasteiger partial charge in [0.15, 0.2) is 0 Å². The molecule has 0 unspecified atom stereocenters. The molecule has 0 radical (unpaired) electrons. The third-order valence-corrected chi connectivity index (χ3v) is 3.33. The third-order valence-electron chi connectivity index (χ3n) is 3.33. The smallest absolute Gasteiger partial charge is 0.220 e. The number of carbonyl (C=O) groups is 1. The molecule has 0 atom stereocenters. The van der Waals surface area contributed by atoms with Gasteiger partial charge in [0.1, 0.15) is 11.9 Å². The molecule has 0 aliphatic carbocycles. The number of nitrogens with two attached hydrogens (primary N) is 1. The zero-order valence-corrected chi connectivity index (χ0v) is 10.4. The minimum atomic E-state index is -0.229. The van der Waals surface area contributed by atoms with Gasteiger partial charge in [-0.1, -0.05) is 0 Å². The first-order valence-corrected chi connectivity index (χ1v) is 6.04. The van der Waals surface area contributed by atoms with Crippen LogP contribution in [-0.2, 0) is 4.79 Å². The van der Waals surface area contributed by atoms with E-state index in [1.54, 1.807) is 6.07 Å². The van der Waals surface area contributed by atoms with Crippen molar-refractivity contribution in [2.45, 2.75) is 19.8 Å². The number of pyridine rings is 1. The zero-order valence-electron chi connectivity index (χ0n) is 10.4. The van der Waals surface area contributed by atoms with Gasteiger partial charge in [0, 0.05) is 24.7 Å². The molecule has 0 aromatic carbocycles. The number of primary amides is 1. The summed E-state index contributed by atoms with van der Waals surface area (Å²) in [5, 5.41) is 9.09. The van der Waals surface area contributed by atoms with Crippen LogP contribution in [0.25, 0.3) is 0 Å². The van der Waals surface area contributed by atoms with E-state index >= 15 is 0 Å². The Morgan fingerprint density at radius 2 is 2.17 bits per heavy atom. The van der Waals surface area contributed by atoms with Crippen molar-refractivity contribution >= 4 is 11.7 Å². The Morgan fingerprint density at radius 3 is 2.72 bits per heavy atom. The van der Waals surface area contributed by atoms with Crippen LogP contribution >= 0.6 is 0 Å². The fourth-order valence-electron chi connectivity index (χ4n) is 2.25. The van der Waals surface area contributed by atoms with E-state index in [1.807, 2.05) is 13.0 Å². The van der Waals surface area contributed by atoms with E-state index in [0.717, 1.165) is 37.4 Å². The van der Waals surface area contributed by atoms with E-state index < -0.39 is 0 Å². The molecule has 5 heteroatoms. The second-order valence-corrected chi connectivity index (χ2v) is 4.60. The van der Waals surface area contributed by atoms with Gasteiger partial charge in [-0.3, -0.25) is 4.79 Å². The maximum atomic E-state index is 11.1.